The van der Waals surface area contributed by atoms with Gasteiger partial charge in [0.05, 0.1) is 17.8 Å². The van der Waals surface area contributed by atoms with Gasteiger partial charge in [0, 0.05) is 44.2 Å². The Bertz CT molecular complexity index is 1160. The molecule has 0 fully saturated rings. The molecule has 0 saturated heterocycles. The molecule has 0 aliphatic carbocycles. The van der Waals surface area contributed by atoms with E-state index in [1.54, 1.807) is 32.0 Å². The fraction of sp³-hybridized carbons (Fsp3) is 0.300. The predicted molar refractivity (Wildman–Crippen MR) is 104 cm³/mol. The average Bonchev–Trinajstić information content (AvgIpc) is 3.00. The number of rotatable bonds is 2. The Morgan fingerprint density at radius 1 is 1.18 bits per heavy atom. The van der Waals surface area contributed by atoms with Crippen LogP contribution in [0.3, 0.4) is 0 Å². The molecule has 0 bridgehead atoms. The molecule has 4 rings (SSSR count). The minimum absolute atomic E-state index is 0.100. The van der Waals surface area contributed by atoms with E-state index < -0.39 is 0 Å². The number of amides is 2. The lowest BCUT2D eigenvalue weighted by molar-refractivity contribution is 0.0705. The first-order chi connectivity index (χ1) is 13.4. The Labute approximate surface area is 161 Å². The van der Waals surface area contributed by atoms with E-state index in [1.807, 2.05) is 22.8 Å². The normalized spacial score (nSPS) is 13.5. The van der Waals surface area contributed by atoms with E-state index in [2.05, 4.69) is 9.97 Å². The SMILES string of the molecule is Cc1nc2n(c1C(=O)N(C)C)CCN(C(=O)c1cc(=O)[nH]c3ccccc13)C2. The van der Waals surface area contributed by atoms with E-state index in [4.69, 9.17) is 0 Å². The minimum atomic E-state index is -0.310. The molecule has 1 aromatic carbocycles. The number of fused-ring (bicyclic) bond motifs is 2. The summed E-state index contributed by atoms with van der Waals surface area (Å²) in [5, 5.41) is 0.709. The lowest BCUT2D eigenvalue weighted by Crippen LogP contribution is -2.40. The molecule has 8 nitrogen and oxygen atoms in total. The molecule has 3 aromatic rings. The number of aryl methyl sites for hydroxylation is 1. The molecule has 28 heavy (non-hydrogen) atoms. The number of imidazole rings is 1. The number of carbonyl (C=O) groups is 2. The highest BCUT2D eigenvalue weighted by atomic mass is 16.2. The van der Waals surface area contributed by atoms with E-state index >= 15 is 0 Å². The summed E-state index contributed by atoms with van der Waals surface area (Å²) < 4.78 is 1.89. The number of aromatic nitrogens is 3. The van der Waals surface area contributed by atoms with E-state index in [-0.39, 0.29) is 17.4 Å². The van der Waals surface area contributed by atoms with Crippen molar-refractivity contribution in [2.75, 3.05) is 20.6 Å². The van der Waals surface area contributed by atoms with Crippen molar-refractivity contribution >= 4 is 22.7 Å². The molecule has 0 saturated carbocycles. The van der Waals surface area contributed by atoms with Gasteiger partial charge in [-0.05, 0) is 13.0 Å². The third kappa shape index (κ3) is 2.87. The number of nitrogens with one attached hydrogen (secondary N) is 1. The third-order valence-corrected chi connectivity index (χ3v) is 5.02. The quantitative estimate of drug-likeness (QED) is 0.728. The number of hydrogen-bond donors (Lipinski definition) is 1. The number of benzene rings is 1. The van der Waals surface area contributed by atoms with Gasteiger partial charge in [0.2, 0.25) is 5.56 Å². The molecule has 3 heterocycles. The number of hydrogen-bond acceptors (Lipinski definition) is 4. The van der Waals surface area contributed by atoms with Crippen LogP contribution in [0.4, 0.5) is 0 Å². The second kappa shape index (κ2) is 6.63. The van der Waals surface area contributed by atoms with Crippen molar-refractivity contribution in [2.45, 2.75) is 20.0 Å². The smallest absolute Gasteiger partial charge is 0.271 e. The van der Waals surface area contributed by atoms with Crippen LogP contribution in [-0.4, -0.2) is 56.8 Å². The lowest BCUT2D eigenvalue weighted by atomic mass is 10.1. The van der Waals surface area contributed by atoms with Crippen LogP contribution in [0, 0.1) is 6.92 Å². The fourth-order valence-electron chi connectivity index (χ4n) is 3.67. The van der Waals surface area contributed by atoms with Crippen molar-refractivity contribution < 1.29 is 9.59 Å². The summed E-state index contributed by atoms with van der Waals surface area (Å²) >= 11 is 0. The highest BCUT2D eigenvalue weighted by Crippen LogP contribution is 2.22. The number of para-hydroxylation sites is 1. The van der Waals surface area contributed by atoms with Crippen LogP contribution in [0.15, 0.2) is 35.1 Å². The van der Waals surface area contributed by atoms with Crippen molar-refractivity contribution in [3.05, 3.63) is 63.5 Å². The summed E-state index contributed by atoms with van der Waals surface area (Å²) in [6, 6.07) is 8.59. The maximum Gasteiger partial charge on any atom is 0.271 e. The van der Waals surface area contributed by atoms with Crippen LogP contribution in [0.1, 0.15) is 32.4 Å². The second-order valence-corrected chi connectivity index (χ2v) is 7.13. The highest BCUT2D eigenvalue weighted by molar-refractivity contribution is 6.06. The van der Waals surface area contributed by atoms with Gasteiger partial charge in [-0.25, -0.2) is 4.98 Å². The highest BCUT2D eigenvalue weighted by Gasteiger charge is 2.29. The standard InChI is InChI=1S/C20H21N5O3/c1-12-18(20(28)23(2)3)25-9-8-24(11-16(25)21-12)19(27)14-10-17(26)22-15-7-5-4-6-13(14)15/h4-7,10H,8-9,11H2,1-3H3,(H,22,26). The van der Waals surface area contributed by atoms with Crippen LogP contribution in [0.25, 0.3) is 10.9 Å². The van der Waals surface area contributed by atoms with Gasteiger partial charge in [-0.2, -0.15) is 0 Å². The van der Waals surface area contributed by atoms with Gasteiger partial charge in [0.1, 0.15) is 11.5 Å². The topological polar surface area (TPSA) is 91.3 Å². The van der Waals surface area contributed by atoms with Crippen molar-refractivity contribution in [2.24, 2.45) is 0 Å². The fourth-order valence-corrected chi connectivity index (χ4v) is 3.67. The van der Waals surface area contributed by atoms with Crippen LogP contribution in [0.5, 0.6) is 0 Å². The molecule has 2 aromatic heterocycles. The molecule has 0 radical (unpaired) electrons. The van der Waals surface area contributed by atoms with Crippen molar-refractivity contribution in [3.63, 3.8) is 0 Å². The lowest BCUT2D eigenvalue weighted by Gasteiger charge is -2.29. The van der Waals surface area contributed by atoms with Crippen molar-refractivity contribution in [1.29, 1.82) is 0 Å². The number of aromatic amines is 1. The number of H-pyrrole nitrogens is 1. The van der Waals surface area contributed by atoms with Crippen LogP contribution in [-0.2, 0) is 13.1 Å². The zero-order valence-electron chi connectivity index (χ0n) is 16.0. The monoisotopic (exact) mass is 379 g/mol. The Balaban J connectivity index is 1.69. The number of carbonyl (C=O) groups excluding carboxylic acids is 2. The molecule has 0 spiro atoms. The van der Waals surface area contributed by atoms with Crippen LogP contribution < -0.4 is 5.56 Å². The van der Waals surface area contributed by atoms with E-state index in [1.165, 1.54) is 11.0 Å². The summed E-state index contributed by atoms with van der Waals surface area (Å²) in [4.78, 5) is 48.1. The second-order valence-electron chi connectivity index (χ2n) is 7.13. The van der Waals surface area contributed by atoms with Gasteiger partial charge in [0.15, 0.2) is 0 Å². The summed E-state index contributed by atoms with van der Waals surface area (Å²) in [5.74, 6) is 0.364. The first-order valence-corrected chi connectivity index (χ1v) is 9.06. The molecule has 0 atom stereocenters. The average molecular weight is 379 g/mol. The molecule has 0 unspecified atom stereocenters. The van der Waals surface area contributed by atoms with Crippen molar-refractivity contribution in [3.8, 4) is 0 Å². The Kier molecular flexibility index (Phi) is 4.26. The van der Waals surface area contributed by atoms with Crippen molar-refractivity contribution in [1.82, 2.24) is 24.3 Å². The largest absolute Gasteiger partial charge is 0.343 e. The summed E-state index contributed by atoms with van der Waals surface area (Å²) in [7, 11) is 3.41. The number of pyridine rings is 1. The number of nitrogens with zero attached hydrogens (tertiary/aromatic N) is 4. The molecular weight excluding hydrogens is 358 g/mol. The van der Waals surface area contributed by atoms with E-state index in [9.17, 15) is 14.4 Å². The van der Waals surface area contributed by atoms with Crippen LogP contribution >= 0.6 is 0 Å². The molecule has 144 valence electrons. The van der Waals surface area contributed by atoms with Gasteiger partial charge in [-0.1, -0.05) is 18.2 Å². The van der Waals surface area contributed by atoms with Crippen LogP contribution in [0.2, 0.25) is 0 Å². The minimum Gasteiger partial charge on any atom is -0.343 e. The van der Waals surface area contributed by atoms with E-state index in [0.717, 1.165) is 0 Å². The van der Waals surface area contributed by atoms with Gasteiger partial charge >= 0.3 is 0 Å². The van der Waals surface area contributed by atoms with Gasteiger partial charge < -0.3 is 19.4 Å². The molecule has 1 aliphatic heterocycles. The van der Waals surface area contributed by atoms with Gasteiger partial charge in [0.25, 0.3) is 11.8 Å². The molecule has 1 N–H and O–H groups in total. The summed E-state index contributed by atoms with van der Waals surface area (Å²) in [6.45, 7) is 3.02. The molecule has 8 heteroatoms. The molecular formula is C20H21N5O3. The maximum atomic E-state index is 13.2. The molecule has 2 amide bonds. The molecule has 1 aliphatic rings. The van der Waals surface area contributed by atoms with Gasteiger partial charge in [-0.3, -0.25) is 14.4 Å². The Morgan fingerprint density at radius 3 is 2.68 bits per heavy atom. The summed E-state index contributed by atoms with van der Waals surface area (Å²) in [5.41, 5.74) is 1.92. The maximum absolute atomic E-state index is 13.2. The van der Waals surface area contributed by atoms with Gasteiger partial charge in [-0.15, -0.1) is 0 Å². The predicted octanol–water partition coefficient (Wildman–Crippen LogP) is 1.39. The Morgan fingerprint density at radius 2 is 1.93 bits per heavy atom. The Hall–Kier alpha value is -3.42. The first kappa shape index (κ1) is 18.0. The van der Waals surface area contributed by atoms with E-state index in [0.29, 0.717) is 53.3 Å². The first-order valence-electron chi connectivity index (χ1n) is 9.06. The zero-order valence-corrected chi connectivity index (χ0v) is 16.0. The third-order valence-electron chi connectivity index (χ3n) is 5.02. The summed E-state index contributed by atoms with van der Waals surface area (Å²) in [6.07, 6.45) is 0. The zero-order chi connectivity index (χ0) is 20.0.